The van der Waals surface area contributed by atoms with Gasteiger partial charge in [-0.25, -0.2) is 4.98 Å². The molecule has 0 aliphatic carbocycles. The summed E-state index contributed by atoms with van der Waals surface area (Å²) in [6.07, 6.45) is 3.46. The van der Waals surface area contributed by atoms with E-state index in [0.29, 0.717) is 11.7 Å². The average molecular weight is 446 g/mol. The van der Waals surface area contributed by atoms with Crippen LogP contribution in [-0.2, 0) is 11.8 Å². The lowest BCUT2D eigenvalue weighted by molar-refractivity contribution is 0.0640. The highest BCUT2D eigenvalue weighted by atomic mass is 32.1. The smallest absolute Gasteiger partial charge is 0.265 e. The average Bonchev–Trinajstić information content (AvgIpc) is 3.48. The van der Waals surface area contributed by atoms with E-state index in [1.165, 1.54) is 11.3 Å². The SMILES string of the molecule is CC(C)(C)c1ncc(C(=O)N2CCN(CCCc3nc(-c4cccs4)no3)CC2)s1. The molecule has 0 radical (unpaired) electrons. The zero-order chi connectivity index (χ0) is 21.1. The van der Waals surface area contributed by atoms with E-state index in [2.05, 4.69) is 40.8 Å². The van der Waals surface area contributed by atoms with Gasteiger partial charge in [-0.05, 0) is 24.4 Å². The zero-order valence-electron chi connectivity index (χ0n) is 17.6. The van der Waals surface area contributed by atoms with Crippen molar-refractivity contribution in [3.05, 3.63) is 39.5 Å². The maximum absolute atomic E-state index is 12.8. The van der Waals surface area contributed by atoms with Crippen molar-refractivity contribution >= 4 is 28.6 Å². The molecule has 0 saturated carbocycles. The topological polar surface area (TPSA) is 75.4 Å². The molecule has 4 heterocycles. The molecule has 1 amide bonds. The Bertz CT molecular complexity index is 966. The molecule has 0 aromatic carbocycles. The number of thiazole rings is 1. The molecular formula is C21H27N5O2S2. The van der Waals surface area contributed by atoms with E-state index < -0.39 is 0 Å². The number of rotatable bonds is 6. The molecule has 0 spiro atoms. The summed E-state index contributed by atoms with van der Waals surface area (Å²) < 4.78 is 5.37. The van der Waals surface area contributed by atoms with E-state index in [1.54, 1.807) is 17.5 Å². The molecule has 0 unspecified atom stereocenters. The summed E-state index contributed by atoms with van der Waals surface area (Å²) in [4.78, 5) is 27.8. The van der Waals surface area contributed by atoms with Crippen molar-refractivity contribution in [1.82, 2.24) is 24.9 Å². The van der Waals surface area contributed by atoms with Crippen LogP contribution < -0.4 is 0 Å². The molecule has 7 nitrogen and oxygen atoms in total. The lowest BCUT2D eigenvalue weighted by atomic mass is 9.98. The molecule has 0 N–H and O–H groups in total. The molecular weight excluding hydrogens is 418 g/mol. The minimum absolute atomic E-state index is 0.0230. The van der Waals surface area contributed by atoms with Crippen molar-refractivity contribution in [3.8, 4) is 10.7 Å². The van der Waals surface area contributed by atoms with E-state index in [1.807, 2.05) is 22.4 Å². The van der Waals surface area contributed by atoms with Gasteiger partial charge in [0.2, 0.25) is 11.7 Å². The number of nitrogens with zero attached hydrogens (tertiary/aromatic N) is 5. The van der Waals surface area contributed by atoms with Crippen molar-refractivity contribution in [2.75, 3.05) is 32.7 Å². The van der Waals surface area contributed by atoms with Gasteiger partial charge in [0.1, 0.15) is 4.88 Å². The second-order valence-electron chi connectivity index (χ2n) is 8.51. The molecule has 4 rings (SSSR count). The van der Waals surface area contributed by atoms with Crippen molar-refractivity contribution < 1.29 is 9.32 Å². The fourth-order valence-electron chi connectivity index (χ4n) is 3.37. The van der Waals surface area contributed by atoms with E-state index in [-0.39, 0.29) is 11.3 Å². The first kappa shape index (κ1) is 21.1. The second-order valence-corrected chi connectivity index (χ2v) is 10.5. The van der Waals surface area contributed by atoms with Gasteiger partial charge in [0, 0.05) is 38.0 Å². The summed E-state index contributed by atoms with van der Waals surface area (Å²) in [5.74, 6) is 1.46. The maximum atomic E-state index is 12.8. The van der Waals surface area contributed by atoms with Gasteiger partial charge < -0.3 is 9.42 Å². The van der Waals surface area contributed by atoms with Crippen LogP contribution in [0.25, 0.3) is 10.7 Å². The Balaban J connectivity index is 1.21. The third-order valence-corrected chi connectivity index (χ3v) is 7.37. The largest absolute Gasteiger partial charge is 0.339 e. The van der Waals surface area contributed by atoms with Crippen LogP contribution in [0, 0.1) is 0 Å². The predicted octanol–water partition coefficient (Wildman–Crippen LogP) is 3.94. The molecule has 1 saturated heterocycles. The van der Waals surface area contributed by atoms with E-state index in [9.17, 15) is 4.79 Å². The molecule has 0 bridgehead atoms. The number of hydrogen-bond acceptors (Lipinski definition) is 8. The highest BCUT2D eigenvalue weighted by Crippen LogP contribution is 2.27. The summed E-state index contributed by atoms with van der Waals surface area (Å²) >= 11 is 3.13. The van der Waals surface area contributed by atoms with E-state index in [0.717, 1.165) is 60.3 Å². The Morgan fingerprint density at radius 3 is 2.70 bits per heavy atom. The minimum Gasteiger partial charge on any atom is -0.339 e. The first-order valence-corrected chi connectivity index (χ1v) is 11.9. The number of carbonyl (C=O) groups excluding carboxylic acids is 1. The minimum atomic E-state index is -0.0230. The Labute approximate surface area is 184 Å². The summed E-state index contributed by atoms with van der Waals surface area (Å²) in [7, 11) is 0. The van der Waals surface area contributed by atoms with Crippen LogP contribution in [0.15, 0.2) is 28.2 Å². The monoisotopic (exact) mass is 445 g/mol. The van der Waals surface area contributed by atoms with Gasteiger partial charge in [-0.2, -0.15) is 4.98 Å². The Hall–Kier alpha value is -2.10. The quantitative estimate of drug-likeness (QED) is 0.572. The van der Waals surface area contributed by atoms with Crippen molar-refractivity contribution in [2.24, 2.45) is 0 Å². The summed E-state index contributed by atoms with van der Waals surface area (Å²) in [6.45, 7) is 10.6. The molecule has 3 aromatic heterocycles. The van der Waals surface area contributed by atoms with Gasteiger partial charge >= 0.3 is 0 Å². The number of amides is 1. The van der Waals surface area contributed by atoms with Crippen LogP contribution in [0.1, 0.15) is 47.8 Å². The molecule has 1 aliphatic rings. The Morgan fingerprint density at radius 1 is 1.23 bits per heavy atom. The molecule has 1 fully saturated rings. The van der Waals surface area contributed by atoms with Gasteiger partial charge in [-0.1, -0.05) is 32.0 Å². The lowest BCUT2D eigenvalue weighted by Gasteiger charge is -2.34. The highest BCUT2D eigenvalue weighted by molar-refractivity contribution is 7.14. The lowest BCUT2D eigenvalue weighted by Crippen LogP contribution is -2.48. The highest BCUT2D eigenvalue weighted by Gasteiger charge is 2.26. The second kappa shape index (κ2) is 8.95. The van der Waals surface area contributed by atoms with Crippen molar-refractivity contribution in [2.45, 2.75) is 39.0 Å². The summed E-state index contributed by atoms with van der Waals surface area (Å²) in [5, 5.41) is 7.08. The summed E-state index contributed by atoms with van der Waals surface area (Å²) in [6, 6.07) is 3.98. The number of aromatic nitrogens is 3. The van der Waals surface area contributed by atoms with Crippen LogP contribution in [0.4, 0.5) is 0 Å². The number of aryl methyl sites for hydroxylation is 1. The van der Waals surface area contributed by atoms with Crippen LogP contribution in [0.3, 0.4) is 0 Å². The molecule has 3 aromatic rings. The van der Waals surface area contributed by atoms with E-state index in [4.69, 9.17) is 4.52 Å². The van der Waals surface area contributed by atoms with E-state index >= 15 is 0 Å². The van der Waals surface area contributed by atoms with Crippen LogP contribution in [-0.4, -0.2) is 63.6 Å². The fraction of sp³-hybridized carbons (Fsp3) is 0.524. The molecule has 30 heavy (non-hydrogen) atoms. The van der Waals surface area contributed by atoms with Crippen LogP contribution in [0.5, 0.6) is 0 Å². The fourth-order valence-corrected chi connectivity index (χ4v) is 4.96. The standard InChI is InChI=1S/C21H27N5O2S2/c1-21(2,3)20-22-14-16(30-20)19(27)26-11-9-25(10-12-26)8-4-7-17-23-18(24-28-17)15-6-5-13-29-15/h5-6,13-14H,4,7-12H2,1-3H3. The number of hydrogen-bond donors (Lipinski definition) is 0. The normalized spacial score (nSPS) is 15.6. The van der Waals surface area contributed by atoms with Gasteiger partial charge in [-0.3, -0.25) is 9.69 Å². The molecule has 0 atom stereocenters. The third-order valence-electron chi connectivity index (χ3n) is 5.09. The number of thiophene rings is 1. The third kappa shape index (κ3) is 4.96. The molecule has 9 heteroatoms. The van der Waals surface area contributed by atoms with Gasteiger partial charge in [0.25, 0.3) is 5.91 Å². The van der Waals surface area contributed by atoms with Crippen LogP contribution >= 0.6 is 22.7 Å². The zero-order valence-corrected chi connectivity index (χ0v) is 19.3. The first-order valence-electron chi connectivity index (χ1n) is 10.2. The first-order chi connectivity index (χ1) is 14.4. The van der Waals surface area contributed by atoms with Crippen molar-refractivity contribution in [1.29, 1.82) is 0 Å². The number of piperazine rings is 1. The molecule has 1 aliphatic heterocycles. The summed E-state index contributed by atoms with van der Waals surface area (Å²) in [5.41, 5.74) is -0.0230. The molecule has 160 valence electrons. The maximum Gasteiger partial charge on any atom is 0.265 e. The van der Waals surface area contributed by atoms with Crippen molar-refractivity contribution in [3.63, 3.8) is 0 Å². The Kier molecular flexibility index (Phi) is 6.31. The van der Waals surface area contributed by atoms with Crippen LogP contribution in [0.2, 0.25) is 0 Å². The predicted molar refractivity (Wildman–Crippen MR) is 119 cm³/mol. The number of carbonyl (C=O) groups is 1. The van der Waals surface area contributed by atoms with Gasteiger partial charge in [0.05, 0.1) is 16.1 Å². The van der Waals surface area contributed by atoms with Gasteiger partial charge in [0.15, 0.2) is 0 Å². The Morgan fingerprint density at radius 2 is 2.03 bits per heavy atom. The van der Waals surface area contributed by atoms with Gasteiger partial charge in [-0.15, -0.1) is 22.7 Å².